The summed E-state index contributed by atoms with van der Waals surface area (Å²) < 4.78 is 7.44. The number of nitrogens with zero attached hydrogens (tertiary/aromatic N) is 5. The fourth-order valence-electron chi connectivity index (χ4n) is 4.35. The number of ether oxygens (including phenoxy) is 1. The van der Waals surface area contributed by atoms with Gasteiger partial charge in [-0.2, -0.15) is 0 Å². The topological polar surface area (TPSA) is 79.6 Å². The Morgan fingerprint density at radius 2 is 1.90 bits per heavy atom. The van der Waals surface area contributed by atoms with Gasteiger partial charge in [0.25, 0.3) is 0 Å². The minimum absolute atomic E-state index is 0.506. The minimum atomic E-state index is 0.506. The Balaban J connectivity index is 1.51. The van der Waals surface area contributed by atoms with E-state index in [1.807, 2.05) is 18.5 Å². The first-order chi connectivity index (χ1) is 14.5. The smallest absolute Gasteiger partial charge is 0.191 e. The molecule has 0 amide bonds. The molecule has 30 heavy (non-hydrogen) atoms. The van der Waals surface area contributed by atoms with Crippen molar-refractivity contribution >= 4 is 5.96 Å². The van der Waals surface area contributed by atoms with E-state index in [0.29, 0.717) is 12.6 Å². The first-order valence-electron chi connectivity index (χ1n) is 11.7. The minimum Gasteiger partial charge on any atom is -0.379 e. The van der Waals surface area contributed by atoms with Gasteiger partial charge in [0.15, 0.2) is 11.8 Å². The monoisotopic (exact) mass is 419 g/mol. The number of aryl methyl sites for hydroxylation is 1. The average molecular weight is 420 g/mol. The van der Waals surface area contributed by atoms with E-state index in [1.165, 1.54) is 25.7 Å². The molecule has 1 aliphatic heterocycles. The molecule has 2 aliphatic rings. The second-order valence-electron chi connectivity index (χ2n) is 9.12. The molecule has 3 rings (SSSR count). The number of hydrogen-bond donors (Lipinski definition) is 2. The summed E-state index contributed by atoms with van der Waals surface area (Å²) in [5, 5.41) is 15.7. The van der Waals surface area contributed by atoms with E-state index >= 15 is 0 Å². The van der Waals surface area contributed by atoms with Crippen molar-refractivity contribution in [3.63, 3.8) is 0 Å². The lowest BCUT2D eigenvalue weighted by Gasteiger charge is -2.32. The maximum Gasteiger partial charge on any atom is 0.191 e. The molecule has 1 aromatic heterocycles. The Morgan fingerprint density at radius 3 is 2.53 bits per heavy atom. The predicted octanol–water partition coefficient (Wildman–Crippen LogP) is 2.10. The van der Waals surface area contributed by atoms with Gasteiger partial charge in [-0.05, 0) is 57.4 Å². The molecule has 1 saturated carbocycles. The first-order valence-corrected chi connectivity index (χ1v) is 11.7. The lowest BCUT2D eigenvalue weighted by molar-refractivity contribution is 0.0376. The van der Waals surface area contributed by atoms with Crippen LogP contribution in [0.15, 0.2) is 4.99 Å². The molecule has 0 bridgehead atoms. The van der Waals surface area contributed by atoms with Crippen molar-refractivity contribution in [3.05, 3.63) is 11.6 Å². The van der Waals surface area contributed by atoms with Gasteiger partial charge in [-0.25, -0.2) is 4.99 Å². The second kappa shape index (κ2) is 11.6. The molecule has 0 unspecified atom stereocenters. The summed E-state index contributed by atoms with van der Waals surface area (Å²) in [6, 6.07) is 0.506. The highest BCUT2D eigenvalue weighted by molar-refractivity contribution is 5.80. The van der Waals surface area contributed by atoms with Crippen molar-refractivity contribution in [1.82, 2.24) is 30.3 Å². The van der Waals surface area contributed by atoms with Crippen molar-refractivity contribution in [1.29, 1.82) is 0 Å². The van der Waals surface area contributed by atoms with Crippen LogP contribution in [0.25, 0.3) is 0 Å². The Kier molecular flexibility index (Phi) is 8.93. The number of morpholine rings is 1. The van der Waals surface area contributed by atoms with Gasteiger partial charge in [0.1, 0.15) is 12.4 Å². The number of hydrogen-bond acceptors (Lipinski definition) is 5. The average Bonchev–Trinajstić information content (AvgIpc) is 3.08. The van der Waals surface area contributed by atoms with E-state index in [9.17, 15) is 0 Å². The standard InChI is InChI=1S/C22H41N7O/c1-17(2)19-6-8-20(9-7-19)25-22(24-16-21-27-26-18(3)28(21)4)23-10-5-11-29-12-14-30-15-13-29/h17,19-20H,5-16H2,1-4H3,(H2,23,24,25). The second-order valence-corrected chi connectivity index (χ2v) is 9.12. The number of aliphatic imine (C=N–C) groups is 1. The van der Waals surface area contributed by atoms with Crippen molar-refractivity contribution in [3.8, 4) is 0 Å². The largest absolute Gasteiger partial charge is 0.379 e. The van der Waals surface area contributed by atoms with E-state index in [0.717, 1.165) is 75.3 Å². The van der Waals surface area contributed by atoms with E-state index in [2.05, 4.69) is 39.6 Å². The summed E-state index contributed by atoms with van der Waals surface area (Å²) in [5.74, 6) is 4.37. The van der Waals surface area contributed by atoms with Crippen LogP contribution < -0.4 is 10.6 Å². The maximum absolute atomic E-state index is 5.44. The molecular weight excluding hydrogens is 378 g/mol. The Morgan fingerprint density at radius 1 is 1.17 bits per heavy atom. The van der Waals surface area contributed by atoms with Gasteiger partial charge in [0, 0.05) is 32.7 Å². The van der Waals surface area contributed by atoms with Crippen LogP contribution in [-0.2, 0) is 18.3 Å². The molecule has 1 aliphatic carbocycles. The summed E-state index contributed by atoms with van der Waals surface area (Å²) in [4.78, 5) is 7.32. The molecule has 0 spiro atoms. The van der Waals surface area contributed by atoms with Gasteiger partial charge < -0.3 is 19.9 Å². The molecule has 0 atom stereocenters. The molecule has 8 heteroatoms. The predicted molar refractivity (Wildman–Crippen MR) is 120 cm³/mol. The zero-order chi connectivity index (χ0) is 21.3. The van der Waals surface area contributed by atoms with E-state index < -0.39 is 0 Å². The lowest BCUT2D eigenvalue weighted by Crippen LogP contribution is -2.46. The molecule has 8 nitrogen and oxygen atoms in total. The van der Waals surface area contributed by atoms with E-state index in [4.69, 9.17) is 9.73 Å². The van der Waals surface area contributed by atoms with Gasteiger partial charge >= 0.3 is 0 Å². The molecule has 2 N–H and O–H groups in total. The van der Waals surface area contributed by atoms with Crippen LogP contribution >= 0.6 is 0 Å². The summed E-state index contributed by atoms with van der Waals surface area (Å²) in [7, 11) is 2.00. The third-order valence-electron chi connectivity index (χ3n) is 6.66. The van der Waals surface area contributed by atoms with Gasteiger partial charge in [-0.15, -0.1) is 10.2 Å². The van der Waals surface area contributed by atoms with Crippen LogP contribution in [0.5, 0.6) is 0 Å². The number of guanidine groups is 1. The number of rotatable bonds is 8. The van der Waals surface area contributed by atoms with Gasteiger partial charge in [-0.3, -0.25) is 4.90 Å². The number of nitrogens with one attached hydrogen (secondary N) is 2. The van der Waals surface area contributed by atoms with Crippen molar-refractivity contribution < 1.29 is 4.74 Å². The zero-order valence-corrected chi connectivity index (χ0v) is 19.4. The normalized spacial score (nSPS) is 23.7. The van der Waals surface area contributed by atoms with Gasteiger partial charge in [0.2, 0.25) is 0 Å². The maximum atomic E-state index is 5.44. The summed E-state index contributed by atoms with van der Waals surface area (Å²) in [5.41, 5.74) is 0. The molecule has 0 aromatic carbocycles. The fraction of sp³-hybridized carbons (Fsp3) is 0.864. The molecule has 2 heterocycles. The van der Waals surface area contributed by atoms with Crippen molar-refractivity contribution in [2.24, 2.45) is 23.9 Å². The molecule has 2 fully saturated rings. The third kappa shape index (κ3) is 6.94. The first kappa shape index (κ1) is 23.0. The summed E-state index contributed by atoms with van der Waals surface area (Å²) in [6.07, 6.45) is 6.16. The Labute approximate surface area is 181 Å². The Bertz CT molecular complexity index is 658. The molecule has 1 aromatic rings. The SMILES string of the molecule is Cc1nnc(CN=C(NCCCN2CCOCC2)NC2CCC(C(C)C)CC2)n1C. The van der Waals surface area contributed by atoms with Crippen molar-refractivity contribution in [2.45, 2.75) is 65.5 Å². The lowest BCUT2D eigenvalue weighted by atomic mass is 9.80. The van der Waals surface area contributed by atoms with Crippen LogP contribution in [0.3, 0.4) is 0 Å². The highest BCUT2D eigenvalue weighted by Gasteiger charge is 2.23. The van der Waals surface area contributed by atoms with Crippen LogP contribution in [0.2, 0.25) is 0 Å². The highest BCUT2D eigenvalue weighted by Crippen LogP contribution is 2.29. The summed E-state index contributed by atoms with van der Waals surface area (Å²) in [6.45, 7) is 13.0. The van der Waals surface area contributed by atoms with Gasteiger partial charge in [0.05, 0.1) is 13.2 Å². The van der Waals surface area contributed by atoms with Crippen molar-refractivity contribution in [2.75, 3.05) is 39.4 Å². The van der Waals surface area contributed by atoms with E-state index in [-0.39, 0.29) is 0 Å². The number of aromatic nitrogens is 3. The zero-order valence-electron chi connectivity index (χ0n) is 19.4. The fourth-order valence-corrected chi connectivity index (χ4v) is 4.35. The van der Waals surface area contributed by atoms with Crippen LogP contribution in [0, 0.1) is 18.8 Å². The molecular formula is C22H41N7O. The Hall–Kier alpha value is -1.67. The van der Waals surface area contributed by atoms with Crippen LogP contribution in [0.1, 0.15) is 57.6 Å². The molecule has 1 saturated heterocycles. The molecule has 0 radical (unpaired) electrons. The van der Waals surface area contributed by atoms with Crippen LogP contribution in [-0.4, -0.2) is 71.1 Å². The third-order valence-corrected chi connectivity index (χ3v) is 6.66. The van der Waals surface area contributed by atoms with E-state index in [1.54, 1.807) is 0 Å². The van der Waals surface area contributed by atoms with Gasteiger partial charge in [-0.1, -0.05) is 13.8 Å². The quantitative estimate of drug-likeness (QED) is 0.382. The van der Waals surface area contributed by atoms with Crippen LogP contribution in [0.4, 0.5) is 0 Å². The summed E-state index contributed by atoms with van der Waals surface area (Å²) >= 11 is 0. The molecule has 170 valence electrons. The highest BCUT2D eigenvalue weighted by atomic mass is 16.5.